The lowest BCUT2D eigenvalue weighted by atomic mass is 10.1. The highest BCUT2D eigenvalue weighted by Gasteiger charge is 2.14. The third-order valence-electron chi connectivity index (χ3n) is 5.12. The van der Waals surface area contributed by atoms with Gasteiger partial charge in [0.25, 0.3) is 5.91 Å². The largest absolute Gasteiger partial charge is 0.486 e. The summed E-state index contributed by atoms with van der Waals surface area (Å²) in [6.07, 6.45) is 2.76. The van der Waals surface area contributed by atoms with Crippen molar-refractivity contribution >= 4 is 35.2 Å². The van der Waals surface area contributed by atoms with Gasteiger partial charge in [-0.3, -0.25) is 4.79 Å². The van der Waals surface area contributed by atoms with Crippen LogP contribution in [-0.2, 0) is 20.9 Å². The van der Waals surface area contributed by atoms with Gasteiger partial charge in [0, 0.05) is 23.4 Å². The number of aromatic nitrogens is 2. The van der Waals surface area contributed by atoms with Crippen molar-refractivity contribution in [1.82, 2.24) is 9.78 Å². The number of hydrogen-bond acceptors (Lipinski definition) is 6. The molecule has 1 aromatic heterocycles. The smallest absolute Gasteiger partial charge is 0.331 e. The van der Waals surface area contributed by atoms with Crippen LogP contribution in [0, 0.1) is 13.8 Å². The van der Waals surface area contributed by atoms with Crippen LogP contribution >= 0.6 is 11.6 Å². The highest BCUT2D eigenvalue weighted by molar-refractivity contribution is 6.31. The van der Waals surface area contributed by atoms with E-state index in [0.29, 0.717) is 53.4 Å². The Morgan fingerprint density at radius 3 is 2.62 bits per heavy atom. The van der Waals surface area contributed by atoms with E-state index in [1.807, 2.05) is 38.1 Å². The lowest BCUT2D eigenvalue weighted by Gasteiger charge is -2.18. The Balaban J connectivity index is 1.31. The number of hydrogen-bond donors (Lipinski definition) is 1. The van der Waals surface area contributed by atoms with Crippen LogP contribution in [0.1, 0.15) is 22.4 Å². The van der Waals surface area contributed by atoms with Gasteiger partial charge in [0.1, 0.15) is 18.4 Å². The fourth-order valence-corrected chi connectivity index (χ4v) is 3.68. The van der Waals surface area contributed by atoms with E-state index in [4.69, 9.17) is 25.8 Å². The Bertz CT molecular complexity index is 1230. The predicted molar refractivity (Wildman–Crippen MR) is 128 cm³/mol. The van der Waals surface area contributed by atoms with Gasteiger partial charge in [0.05, 0.1) is 12.2 Å². The first kappa shape index (κ1) is 23.4. The number of carbonyl (C=O) groups is 2. The van der Waals surface area contributed by atoms with E-state index in [1.54, 1.807) is 22.9 Å². The van der Waals surface area contributed by atoms with Gasteiger partial charge in [-0.25, -0.2) is 9.48 Å². The minimum atomic E-state index is -0.668. The number of rotatable bonds is 7. The third kappa shape index (κ3) is 5.77. The van der Waals surface area contributed by atoms with E-state index >= 15 is 0 Å². The first-order valence-corrected chi connectivity index (χ1v) is 11.1. The van der Waals surface area contributed by atoms with Gasteiger partial charge in [-0.05, 0) is 37.6 Å². The number of anilines is 1. The van der Waals surface area contributed by atoms with Crippen molar-refractivity contribution in [2.24, 2.45) is 0 Å². The van der Waals surface area contributed by atoms with Crippen LogP contribution in [0.25, 0.3) is 6.08 Å². The van der Waals surface area contributed by atoms with Crippen molar-refractivity contribution in [1.29, 1.82) is 0 Å². The second kappa shape index (κ2) is 10.4. The zero-order valence-corrected chi connectivity index (χ0v) is 19.6. The highest BCUT2D eigenvalue weighted by Crippen LogP contribution is 2.32. The second-order valence-corrected chi connectivity index (χ2v) is 8.14. The van der Waals surface area contributed by atoms with Crippen LogP contribution in [0.2, 0.25) is 5.15 Å². The fraction of sp³-hybridized carbons (Fsp3) is 0.240. The van der Waals surface area contributed by atoms with Crippen molar-refractivity contribution in [2.75, 3.05) is 25.1 Å². The van der Waals surface area contributed by atoms with Gasteiger partial charge in [0.2, 0.25) is 0 Å². The number of ether oxygens (including phenoxy) is 3. The molecule has 1 aliphatic heterocycles. The van der Waals surface area contributed by atoms with E-state index in [1.165, 1.54) is 17.7 Å². The Kier molecular flexibility index (Phi) is 7.18. The van der Waals surface area contributed by atoms with Crippen LogP contribution < -0.4 is 14.8 Å². The van der Waals surface area contributed by atoms with Crippen molar-refractivity contribution in [3.05, 3.63) is 76.1 Å². The molecule has 9 heteroatoms. The molecule has 34 heavy (non-hydrogen) atoms. The lowest BCUT2D eigenvalue weighted by Crippen LogP contribution is -2.20. The summed E-state index contributed by atoms with van der Waals surface area (Å²) in [5, 5.41) is 7.53. The van der Waals surface area contributed by atoms with E-state index < -0.39 is 18.5 Å². The van der Waals surface area contributed by atoms with Gasteiger partial charge >= 0.3 is 5.97 Å². The third-order valence-corrected chi connectivity index (χ3v) is 5.52. The normalized spacial score (nSPS) is 12.6. The zero-order chi connectivity index (χ0) is 24.1. The van der Waals surface area contributed by atoms with Crippen molar-refractivity contribution in [3.8, 4) is 11.5 Å². The maximum Gasteiger partial charge on any atom is 0.331 e. The highest BCUT2D eigenvalue weighted by atomic mass is 35.5. The summed E-state index contributed by atoms with van der Waals surface area (Å²) < 4.78 is 17.6. The van der Waals surface area contributed by atoms with Gasteiger partial charge in [-0.2, -0.15) is 5.10 Å². The Hall–Kier alpha value is -3.78. The molecule has 1 aliphatic rings. The standard InChI is InChI=1S/C25H24ClN3O5/c1-16-3-5-18(6-4-16)14-29-25(26)20(17(2)28-29)8-10-24(31)34-15-23(30)27-19-7-9-21-22(13-19)33-12-11-32-21/h3-10,13H,11-12,14-15H2,1-2H3,(H,27,30)/b10-8+. The molecule has 0 atom stereocenters. The Labute approximate surface area is 202 Å². The lowest BCUT2D eigenvalue weighted by molar-refractivity contribution is -0.142. The molecule has 4 rings (SSSR count). The molecule has 0 bridgehead atoms. The Morgan fingerprint density at radius 2 is 1.85 bits per heavy atom. The van der Waals surface area contributed by atoms with Crippen molar-refractivity contribution in [2.45, 2.75) is 20.4 Å². The molecule has 0 spiro atoms. The average molecular weight is 482 g/mol. The minimum Gasteiger partial charge on any atom is -0.486 e. The molecular weight excluding hydrogens is 458 g/mol. The summed E-state index contributed by atoms with van der Waals surface area (Å²) in [7, 11) is 0. The van der Waals surface area contributed by atoms with E-state index in [0.717, 1.165) is 5.56 Å². The number of esters is 1. The van der Waals surface area contributed by atoms with Gasteiger partial charge in [-0.1, -0.05) is 41.4 Å². The van der Waals surface area contributed by atoms with E-state index in [-0.39, 0.29) is 0 Å². The molecule has 176 valence electrons. The number of amides is 1. The first-order chi connectivity index (χ1) is 16.4. The second-order valence-electron chi connectivity index (χ2n) is 7.78. The summed E-state index contributed by atoms with van der Waals surface area (Å²) >= 11 is 6.48. The topological polar surface area (TPSA) is 91.7 Å². The van der Waals surface area contributed by atoms with Crippen LogP contribution in [0.3, 0.4) is 0 Å². The number of nitrogens with zero attached hydrogens (tertiary/aromatic N) is 2. The summed E-state index contributed by atoms with van der Waals surface area (Å²) in [5.74, 6) is 0.0359. The maximum atomic E-state index is 12.1. The van der Waals surface area contributed by atoms with Crippen molar-refractivity contribution < 1.29 is 23.8 Å². The van der Waals surface area contributed by atoms with E-state index in [9.17, 15) is 9.59 Å². The summed E-state index contributed by atoms with van der Waals surface area (Å²) in [5.41, 5.74) is 4.05. The molecule has 0 unspecified atom stereocenters. The van der Waals surface area contributed by atoms with Gasteiger partial charge in [-0.15, -0.1) is 0 Å². The first-order valence-electron chi connectivity index (χ1n) is 10.7. The molecule has 8 nitrogen and oxygen atoms in total. The van der Waals surface area contributed by atoms with Gasteiger partial charge < -0.3 is 19.5 Å². The quantitative estimate of drug-likeness (QED) is 0.402. The molecule has 3 aromatic rings. The molecule has 2 heterocycles. The number of nitrogens with one attached hydrogen (secondary N) is 1. The molecule has 0 aliphatic carbocycles. The zero-order valence-electron chi connectivity index (χ0n) is 18.8. The fourth-order valence-electron chi connectivity index (χ4n) is 3.38. The maximum absolute atomic E-state index is 12.1. The number of halogens is 1. The molecule has 0 fully saturated rings. The average Bonchev–Trinajstić information content (AvgIpc) is 3.09. The number of benzene rings is 2. The monoisotopic (exact) mass is 481 g/mol. The number of carbonyl (C=O) groups excluding carboxylic acids is 2. The SMILES string of the molecule is Cc1ccc(Cn2nc(C)c(/C=C/C(=O)OCC(=O)Nc3ccc4c(c3)OCCO4)c2Cl)cc1. The van der Waals surface area contributed by atoms with E-state index in [2.05, 4.69) is 10.4 Å². The summed E-state index contributed by atoms with van der Waals surface area (Å²) in [4.78, 5) is 24.3. The molecular formula is C25H24ClN3O5. The van der Waals surface area contributed by atoms with Gasteiger partial charge in [0.15, 0.2) is 18.1 Å². The van der Waals surface area contributed by atoms with Crippen LogP contribution in [-0.4, -0.2) is 41.5 Å². The number of aryl methyl sites for hydroxylation is 2. The Morgan fingerprint density at radius 1 is 1.12 bits per heavy atom. The van der Waals surface area contributed by atoms with Crippen LogP contribution in [0.4, 0.5) is 5.69 Å². The molecule has 0 saturated heterocycles. The van der Waals surface area contributed by atoms with Crippen molar-refractivity contribution in [3.63, 3.8) is 0 Å². The van der Waals surface area contributed by atoms with Crippen LogP contribution in [0.15, 0.2) is 48.5 Å². The summed E-state index contributed by atoms with van der Waals surface area (Å²) in [6.45, 7) is 4.85. The minimum absolute atomic E-state index is 0.415. The van der Waals surface area contributed by atoms with Crippen LogP contribution in [0.5, 0.6) is 11.5 Å². The molecule has 0 radical (unpaired) electrons. The predicted octanol–water partition coefficient (Wildman–Crippen LogP) is 4.17. The molecule has 0 saturated carbocycles. The molecule has 1 amide bonds. The number of fused-ring (bicyclic) bond motifs is 1. The molecule has 1 N–H and O–H groups in total. The summed E-state index contributed by atoms with van der Waals surface area (Å²) in [6, 6.07) is 13.2. The molecule has 2 aromatic carbocycles.